The summed E-state index contributed by atoms with van der Waals surface area (Å²) in [6, 6.07) is 11.9. The van der Waals surface area contributed by atoms with Crippen LogP contribution in [0.15, 0.2) is 51.9 Å². The molecule has 7 nitrogen and oxygen atoms in total. The summed E-state index contributed by atoms with van der Waals surface area (Å²) in [5.74, 6) is -1.11. The van der Waals surface area contributed by atoms with E-state index >= 15 is 0 Å². The Labute approximate surface area is 204 Å². The molecule has 35 heavy (non-hydrogen) atoms. The summed E-state index contributed by atoms with van der Waals surface area (Å²) in [4.78, 5) is 12.9. The van der Waals surface area contributed by atoms with Gasteiger partial charge in [0.25, 0.3) is 0 Å². The maximum atomic E-state index is 14.0. The number of hydrogen-bond donors (Lipinski definition) is 1. The molecular weight excluding hydrogens is 469 g/mol. The van der Waals surface area contributed by atoms with E-state index in [0.29, 0.717) is 24.1 Å². The summed E-state index contributed by atoms with van der Waals surface area (Å²) in [6.07, 6.45) is 3.99. The molecule has 3 aromatic rings. The number of amides is 1. The number of piperidine rings is 1. The van der Waals surface area contributed by atoms with Gasteiger partial charge < -0.3 is 9.84 Å². The van der Waals surface area contributed by atoms with Gasteiger partial charge in [-0.2, -0.15) is 4.31 Å². The number of halogens is 1. The van der Waals surface area contributed by atoms with Crippen molar-refractivity contribution in [1.82, 2.24) is 9.46 Å². The quantitative estimate of drug-likeness (QED) is 0.520. The summed E-state index contributed by atoms with van der Waals surface area (Å²) in [7, 11) is -4.00. The minimum absolute atomic E-state index is 0.0209. The number of hydrogen-bond acceptors (Lipinski definition) is 5. The highest BCUT2D eigenvalue weighted by Crippen LogP contribution is 2.30. The van der Waals surface area contributed by atoms with Gasteiger partial charge in [-0.3, -0.25) is 4.79 Å². The van der Waals surface area contributed by atoms with Crippen LogP contribution in [-0.4, -0.2) is 36.9 Å². The smallest absolute Gasteiger partial charge is 0.248 e. The number of rotatable bonds is 6. The second-order valence-electron chi connectivity index (χ2n) is 8.88. The van der Waals surface area contributed by atoms with Crippen LogP contribution in [0.5, 0.6) is 0 Å². The highest BCUT2D eigenvalue weighted by Gasteiger charge is 2.37. The first-order valence-corrected chi connectivity index (χ1v) is 12.9. The van der Waals surface area contributed by atoms with E-state index in [1.54, 1.807) is 25.1 Å². The summed E-state index contributed by atoms with van der Waals surface area (Å²) in [5.41, 5.74) is 3.27. The van der Waals surface area contributed by atoms with Gasteiger partial charge in [0.05, 0.1) is 5.92 Å². The van der Waals surface area contributed by atoms with Crippen molar-refractivity contribution in [1.29, 1.82) is 0 Å². The minimum Gasteiger partial charge on any atom is -0.355 e. The Balaban J connectivity index is 1.54. The van der Waals surface area contributed by atoms with Crippen molar-refractivity contribution in [3.63, 3.8) is 0 Å². The van der Waals surface area contributed by atoms with Gasteiger partial charge in [0.2, 0.25) is 15.9 Å². The van der Waals surface area contributed by atoms with E-state index in [1.165, 1.54) is 22.5 Å². The first-order chi connectivity index (χ1) is 16.6. The Morgan fingerprint density at radius 1 is 1.14 bits per heavy atom. The van der Waals surface area contributed by atoms with Crippen LogP contribution >= 0.6 is 0 Å². The van der Waals surface area contributed by atoms with Crippen molar-refractivity contribution < 1.29 is 22.1 Å². The van der Waals surface area contributed by atoms with Crippen LogP contribution in [0.2, 0.25) is 0 Å². The standard InChI is InChI=1S/C26H28FN3O4S/c1-17-13-18(2)15-22(14-17)28-26(31)21-8-6-12-30(16-21)35(32,33)25-19(3)29-34-24(25)11-10-20-7-4-5-9-23(20)27/h4-5,7,9-11,13-15,21H,6,8,12,16H2,1-3H3,(H,28,31). The zero-order chi connectivity index (χ0) is 25.2. The molecule has 9 heteroatoms. The summed E-state index contributed by atoms with van der Waals surface area (Å²) in [6.45, 7) is 5.80. The van der Waals surface area contributed by atoms with Crippen molar-refractivity contribution in [2.24, 2.45) is 5.92 Å². The fourth-order valence-corrected chi connectivity index (χ4v) is 6.14. The second-order valence-corrected chi connectivity index (χ2v) is 10.8. The van der Waals surface area contributed by atoms with Crippen LogP contribution in [0.3, 0.4) is 0 Å². The lowest BCUT2D eigenvalue weighted by Gasteiger charge is -2.31. The molecule has 1 aromatic heterocycles. The van der Waals surface area contributed by atoms with Gasteiger partial charge in [-0.15, -0.1) is 0 Å². The SMILES string of the molecule is Cc1cc(C)cc(NC(=O)C2CCCN(S(=O)(=O)c3c(C)noc3C=Cc3ccccc3F)C2)c1. The molecule has 1 unspecified atom stereocenters. The van der Waals surface area contributed by atoms with E-state index in [4.69, 9.17) is 4.52 Å². The molecule has 1 atom stereocenters. The Hall–Kier alpha value is -3.30. The molecule has 1 fully saturated rings. The minimum atomic E-state index is -4.00. The zero-order valence-corrected chi connectivity index (χ0v) is 20.7. The number of aryl methyl sites for hydroxylation is 3. The summed E-state index contributed by atoms with van der Waals surface area (Å²) < 4.78 is 47.7. The largest absolute Gasteiger partial charge is 0.355 e. The van der Waals surface area contributed by atoms with Gasteiger partial charge in [-0.05, 0) is 75.1 Å². The van der Waals surface area contributed by atoms with Crippen LogP contribution in [0.4, 0.5) is 10.1 Å². The second kappa shape index (κ2) is 10.1. The maximum Gasteiger partial charge on any atom is 0.248 e. The Morgan fingerprint density at radius 2 is 1.86 bits per heavy atom. The molecular formula is C26H28FN3O4S. The first-order valence-electron chi connectivity index (χ1n) is 11.4. The van der Waals surface area contributed by atoms with E-state index in [1.807, 2.05) is 32.0 Å². The molecule has 0 aliphatic carbocycles. The zero-order valence-electron chi connectivity index (χ0n) is 19.9. The van der Waals surface area contributed by atoms with E-state index in [0.717, 1.165) is 11.1 Å². The third-order valence-electron chi connectivity index (χ3n) is 5.99. The van der Waals surface area contributed by atoms with Crippen molar-refractivity contribution in [3.8, 4) is 0 Å². The molecule has 2 aromatic carbocycles. The number of carbonyl (C=O) groups is 1. The predicted molar refractivity (Wildman–Crippen MR) is 133 cm³/mol. The van der Waals surface area contributed by atoms with Crippen molar-refractivity contribution in [2.75, 3.05) is 18.4 Å². The average molecular weight is 498 g/mol. The first kappa shape index (κ1) is 24.8. The van der Waals surface area contributed by atoms with E-state index in [2.05, 4.69) is 10.5 Å². The molecule has 0 radical (unpaired) electrons. The van der Waals surface area contributed by atoms with Crippen LogP contribution in [-0.2, 0) is 14.8 Å². The normalized spacial score (nSPS) is 17.1. The van der Waals surface area contributed by atoms with Crippen molar-refractivity contribution >= 4 is 33.8 Å². The van der Waals surface area contributed by atoms with Gasteiger partial charge in [0.15, 0.2) is 10.7 Å². The van der Waals surface area contributed by atoms with Gasteiger partial charge in [0, 0.05) is 24.3 Å². The number of nitrogens with one attached hydrogen (secondary N) is 1. The lowest BCUT2D eigenvalue weighted by atomic mass is 9.98. The number of aromatic nitrogens is 1. The number of carbonyl (C=O) groups excluding carboxylic acids is 1. The van der Waals surface area contributed by atoms with E-state index in [-0.39, 0.29) is 35.3 Å². The Bertz CT molecular complexity index is 1360. The van der Waals surface area contributed by atoms with Gasteiger partial charge in [-0.1, -0.05) is 29.4 Å². The van der Waals surface area contributed by atoms with Gasteiger partial charge in [0.1, 0.15) is 11.5 Å². The number of nitrogens with zero attached hydrogens (tertiary/aromatic N) is 2. The Morgan fingerprint density at radius 3 is 2.57 bits per heavy atom. The fraction of sp³-hybridized carbons (Fsp3) is 0.308. The highest BCUT2D eigenvalue weighted by molar-refractivity contribution is 7.89. The topological polar surface area (TPSA) is 92.5 Å². The molecule has 0 bridgehead atoms. The molecule has 1 aliphatic rings. The van der Waals surface area contributed by atoms with Gasteiger partial charge >= 0.3 is 0 Å². The van der Waals surface area contributed by atoms with Gasteiger partial charge in [-0.25, -0.2) is 12.8 Å². The monoisotopic (exact) mass is 497 g/mol. The fourth-order valence-electron chi connectivity index (χ4n) is 4.37. The van der Waals surface area contributed by atoms with E-state index in [9.17, 15) is 17.6 Å². The third-order valence-corrected chi connectivity index (χ3v) is 8.02. The summed E-state index contributed by atoms with van der Waals surface area (Å²) >= 11 is 0. The molecule has 0 saturated carbocycles. The summed E-state index contributed by atoms with van der Waals surface area (Å²) in [5, 5.41) is 6.76. The molecule has 1 saturated heterocycles. The van der Waals surface area contributed by atoms with Crippen LogP contribution < -0.4 is 5.32 Å². The molecule has 184 valence electrons. The highest BCUT2D eigenvalue weighted by atomic mass is 32.2. The van der Waals surface area contributed by atoms with Crippen molar-refractivity contribution in [3.05, 3.63) is 76.4 Å². The lowest BCUT2D eigenvalue weighted by Crippen LogP contribution is -2.43. The Kier molecular flexibility index (Phi) is 7.18. The molecule has 4 rings (SSSR count). The van der Waals surface area contributed by atoms with Crippen molar-refractivity contribution in [2.45, 2.75) is 38.5 Å². The number of sulfonamides is 1. The maximum absolute atomic E-state index is 14.0. The predicted octanol–water partition coefficient (Wildman–Crippen LogP) is 4.95. The number of benzene rings is 2. The number of anilines is 1. The lowest BCUT2D eigenvalue weighted by molar-refractivity contribution is -0.120. The van der Waals surface area contributed by atoms with Crippen LogP contribution in [0.25, 0.3) is 12.2 Å². The average Bonchev–Trinajstić information content (AvgIpc) is 3.19. The molecule has 1 N–H and O–H groups in total. The third kappa shape index (κ3) is 5.52. The molecule has 0 spiro atoms. The van der Waals surface area contributed by atoms with E-state index < -0.39 is 21.8 Å². The molecule has 2 heterocycles. The molecule has 1 amide bonds. The molecule has 1 aliphatic heterocycles. The van der Waals surface area contributed by atoms with Crippen LogP contribution in [0.1, 0.15) is 41.0 Å². The van der Waals surface area contributed by atoms with Crippen LogP contribution in [0, 0.1) is 32.5 Å².